The van der Waals surface area contributed by atoms with Gasteiger partial charge in [0.2, 0.25) is 0 Å². The minimum absolute atomic E-state index is 0.765. The lowest BCUT2D eigenvalue weighted by Gasteiger charge is -2.05. The molecule has 0 bridgehead atoms. The number of rotatable bonds is 1. The van der Waals surface area contributed by atoms with Gasteiger partial charge in [0.25, 0.3) is 0 Å². The van der Waals surface area contributed by atoms with E-state index in [1.807, 2.05) is 12.1 Å². The first-order valence-electron chi connectivity index (χ1n) is 6.11. The lowest BCUT2D eigenvalue weighted by molar-refractivity contribution is 0.393. The van der Waals surface area contributed by atoms with Crippen LogP contribution < -0.4 is 0 Å². The molecule has 0 spiro atoms. The van der Waals surface area contributed by atoms with E-state index in [0.29, 0.717) is 0 Å². The van der Waals surface area contributed by atoms with Crippen molar-refractivity contribution in [3.8, 4) is 11.3 Å². The minimum atomic E-state index is 0.765. The molecule has 0 aliphatic rings. The van der Waals surface area contributed by atoms with Gasteiger partial charge in [-0.1, -0.05) is 42.5 Å². The summed E-state index contributed by atoms with van der Waals surface area (Å²) in [5.74, 6) is 0. The molecule has 0 aliphatic heterocycles. The molecular formula is C16H10N2O. The van der Waals surface area contributed by atoms with Crippen molar-refractivity contribution in [2.24, 2.45) is 0 Å². The number of hydrogen-bond donors (Lipinski definition) is 0. The molecule has 1 aromatic heterocycles. The maximum absolute atomic E-state index is 4.84. The van der Waals surface area contributed by atoms with Gasteiger partial charge in [-0.3, -0.25) is 0 Å². The Morgan fingerprint density at radius 3 is 2.37 bits per heavy atom. The Labute approximate surface area is 109 Å². The summed E-state index contributed by atoms with van der Waals surface area (Å²) < 4.78 is 4.84. The Bertz CT molecular complexity index is 866. The summed E-state index contributed by atoms with van der Waals surface area (Å²) >= 11 is 0. The number of aromatic nitrogens is 2. The Balaban J connectivity index is 2.12. The molecule has 0 radical (unpaired) electrons. The molecule has 0 fully saturated rings. The van der Waals surface area contributed by atoms with E-state index < -0.39 is 0 Å². The van der Waals surface area contributed by atoms with E-state index >= 15 is 0 Å². The molecule has 3 heteroatoms. The van der Waals surface area contributed by atoms with E-state index in [1.165, 1.54) is 16.2 Å². The van der Waals surface area contributed by atoms with E-state index in [-0.39, 0.29) is 0 Å². The predicted molar refractivity (Wildman–Crippen MR) is 74.7 cm³/mol. The van der Waals surface area contributed by atoms with Crippen molar-refractivity contribution in [2.45, 2.75) is 0 Å². The van der Waals surface area contributed by atoms with Crippen molar-refractivity contribution in [2.75, 3.05) is 0 Å². The second kappa shape index (κ2) is 3.92. The third-order valence-corrected chi connectivity index (χ3v) is 3.38. The highest BCUT2D eigenvalue weighted by atomic mass is 16.5. The standard InChI is InChI=1S/C16H10N2O/c1-2-5-12-9-15-13(8-11(12)4-1)6-3-7-14(15)16-10-19-18-17-16/h1-10H. The van der Waals surface area contributed by atoms with E-state index in [4.69, 9.17) is 4.52 Å². The monoisotopic (exact) mass is 246 g/mol. The molecule has 0 aliphatic carbocycles. The SMILES string of the molecule is c1ccc2cc3c(-c4conn4)cccc3cc2c1. The van der Waals surface area contributed by atoms with Crippen molar-refractivity contribution in [1.29, 1.82) is 0 Å². The number of hydrogen-bond acceptors (Lipinski definition) is 3. The lowest BCUT2D eigenvalue weighted by atomic mass is 9.98. The van der Waals surface area contributed by atoms with Crippen LogP contribution >= 0.6 is 0 Å². The zero-order valence-electron chi connectivity index (χ0n) is 10.1. The Morgan fingerprint density at radius 2 is 1.58 bits per heavy atom. The lowest BCUT2D eigenvalue weighted by Crippen LogP contribution is -1.83. The third kappa shape index (κ3) is 1.59. The van der Waals surface area contributed by atoms with Gasteiger partial charge in [0.15, 0.2) is 6.26 Å². The largest absolute Gasteiger partial charge is 0.345 e. The molecule has 4 rings (SSSR count). The van der Waals surface area contributed by atoms with Crippen LogP contribution in [0.3, 0.4) is 0 Å². The van der Waals surface area contributed by atoms with Crippen molar-refractivity contribution in [1.82, 2.24) is 10.4 Å². The highest BCUT2D eigenvalue weighted by Crippen LogP contribution is 2.30. The molecule has 1 heterocycles. The fourth-order valence-corrected chi connectivity index (χ4v) is 2.47. The first-order chi connectivity index (χ1) is 9.42. The van der Waals surface area contributed by atoms with E-state index in [1.54, 1.807) is 6.26 Å². The van der Waals surface area contributed by atoms with Gasteiger partial charge in [-0.25, -0.2) is 0 Å². The quantitative estimate of drug-likeness (QED) is 0.476. The second-order valence-corrected chi connectivity index (χ2v) is 4.52. The van der Waals surface area contributed by atoms with Crippen LogP contribution in [0.2, 0.25) is 0 Å². The fourth-order valence-electron chi connectivity index (χ4n) is 2.47. The molecule has 0 N–H and O–H groups in total. The van der Waals surface area contributed by atoms with Gasteiger partial charge in [0.05, 0.1) is 0 Å². The fraction of sp³-hybridized carbons (Fsp3) is 0. The molecule has 3 aromatic carbocycles. The first-order valence-corrected chi connectivity index (χ1v) is 6.11. The molecule has 4 aromatic rings. The summed E-state index contributed by atoms with van der Waals surface area (Å²) in [6.07, 6.45) is 1.57. The topological polar surface area (TPSA) is 38.9 Å². The first kappa shape index (κ1) is 10.3. The third-order valence-electron chi connectivity index (χ3n) is 3.38. The maximum Gasteiger partial charge on any atom is 0.152 e. The summed E-state index contributed by atoms with van der Waals surface area (Å²) in [5.41, 5.74) is 1.81. The average Bonchev–Trinajstić information content (AvgIpc) is 2.98. The highest BCUT2D eigenvalue weighted by Gasteiger charge is 2.07. The van der Waals surface area contributed by atoms with Crippen LogP contribution in [0, 0.1) is 0 Å². The smallest absolute Gasteiger partial charge is 0.152 e. The van der Waals surface area contributed by atoms with Crippen LogP contribution in [0.15, 0.2) is 65.4 Å². The van der Waals surface area contributed by atoms with Gasteiger partial charge in [-0.15, -0.1) is 5.10 Å². The van der Waals surface area contributed by atoms with E-state index in [0.717, 1.165) is 16.6 Å². The summed E-state index contributed by atoms with van der Waals surface area (Å²) in [6.45, 7) is 0. The minimum Gasteiger partial charge on any atom is -0.345 e. The van der Waals surface area contributed by atoms with Crippen molar-refractivity contribution >= 4 is 21.5 Å². The predicted octanol–water partition coefficient (Wildman–Crippen LogP) is 4.04. The molecule has 19 heavy (non-hydrogen) atoms. The van der Waals surface area contributed by atoms with Gasteiger partial charge >= 0.3 is 0 Å². The average molecular weight is 246 g/mol. The Morgan fingerprint density at radius 1 is 0.789 bits per heavy atom. The number of nitrogens with zero attached hydrogens (tertiary/aromatic N) is 2. The zero-order chi connectivity index (χ0) is 12.7. The van der Waals surface area contributed by atoms with Crippen LogP contribution in [-0.2, 0) is 0 Å². The molecular weight excluding hydrogens is 236 g/mol. The van der Waals surface area contributed by atoms with E-state index in [2.05, 4.69) is 52.8 Å². The Hall–Kier alpha value is -2.68. The molecule has 0 atom stereocenters. The zero-order valence-corrected chi connectivity index (χ0v) is 10.1. The summed E-state index contributed by atoms with van der Waals surface area (Å²) in [5, 5.41) is 12.4. The van der Waals surface area contributed by atoms with Crippen LogP contribution in [0.5, 0.6) is 0 Å². The molecule has 0 saturated carbocycles. The van der Waals surface area contributed by atoms with Crippen molar-refractivity contribution in [3.05, 3.63) is 60.9 Å². The van der Waals surface area contributed by atoms with Crippen LogP contribution in [0.1, 0.15) is 0 Å². The van der Waals surface area contributed by atoms with Gasteiger partial charge in [0.1, 0.15) is 5.69 Å². The van der Waals surface area contributed by atoms with Crippen molar-refractivity contribution < 1.29 is 4.52 Å². The van der Waals surface area contributed by atoms with Crippen LogP contribution in [0.25, 0.3) is 32.8 Å². The number of benzene rings is 3. The molecule has 90 valence electrons. The van der Waals surface area contributed by atoms with Gasteiger partial charge in [-0.2, -0.15) is 0 Å². The molecule has 0 saturated heterocycles. The molecule has 3 nitrogen and oxygen atoms in total. The molecule has 0 amide bonds. The van der Waals surface area contributed by atoms with Gasteiger partial charge in [0, 0.05) is 10.8 Å². The summed E-state index contributed by atoms with van der Waals surface area (Å²) in [4.78, 5) is 0. The summed E-state index contributed by atoms with van der Waals surface area (Å²) in [6, 6.07) is 18.9. The molecule has 0 unspecified atom stereocenters. The summed E-state index contributed by atoms with van der Waals surface area (Å²) in [7, 11) is 0. The second-order valence-electron chi connectivity index (χ2n) is 4.52. The maximum atomic E-state index is 4.84. The van der Waals surface area contributed by atoms with Crippen molar-refractivity contribution in [3.63, 3.8) is 0 Å². The normalized spacial score (nSPS) is 11.2. The van der Waals surface area contributed by atoms with Gasteiger partial charge < -0.3 is 4.52 Å². The number of fused-ring (bicyclic) bond motifs is 2. The van der Waals surface area contributed by atoms with Crippen LogP contribution in [-0.4, -0.2) is 10.4 Å². The van der Waals surface area contributed by atoms with Gasteiger partial charge in [-0.05, 0) is 33.7 Å². The highest BCUT2D eigenvalue weighted by molar-refractivity contribution is 6.04. The van der Waals surface area contributed by atoms with Crippen LogP contribution in [0.4, 0.5) is 0 Å². The Kier molecular flexibility index (Phi) is 2.12. The van der Waals surface area contributed by atoms with E-state index in [9.17, 15) is 0 Å².